The molecule has 5 N–H and O–H groups in total. The zero-order valence-corrected chi connectivity index (χ0v) is 11.0. The summed E-state index contributed by atoms with van der Waals surface area (Å²) in [5.41, 5.74) is 12.8. The van der Waals surface area contributed by atoms with Crippen LogP contribution in [0.1, 0.15) is 32.1 Å². The lowest BCUT2D eigenvalue weighted by atomic mass is 10.1. The van der Waals surface area contributed by atoms with E-state index in [9.17, 15) is 8.42 Å². The Morgan fingerprint density at radius 3 is 2.41 bits per heavy atom. The number of nitrogens with one attached hydrogen (secondary N) is 1. The Morgan fingerprint density at radius 2 is 1.82 bits per heavy atom. The number of hydroxylamine groups is 1. The van der Waals surface area contributed by atoms with Gasteiger partial charge in [-0.2, -0.15) is 8.42 Å². The van der Waals surface area contributed by atoms with E-state index in [1.54, 1.807) is 0 Å². The van der Waals surface area contributed by atoms with Crippen molar-refractivity contribution >= 4 is 16.1 Å². The molecule has 0 rings (SSSR count). The molecule has 0 aromatic heterocycles. The van der Waals surface area contributed by atoms with Crippen molar-refractivity contribution in [1.82, 2.24) is 5.48 Å². The zero-order valence-electron chi connectivity index (χ0n) is 10.2. The van der Waals surface area contributed by atoms with Gasteiger partial charge in [-0.1, -0.05) is 19.3 Å². The Kier molecular flexibility index (Phi) is 8.73. The second-order valence-electron chi connectivity index (χ2n) is 3.71. The molecule has 0 amide bonds. The van der Waals surface area contributed by atoms with Crippen LogP contribution in [0.3, 0.4) is 0 Å². The summed E-state index contributed by atoms with van der Waals surface area (Å²) in [6.07, 6.45) is 6.19. The molecule has 0 aliphatic heterocycles. The fraction of sp³-hybridized carbons (Fsp3) is 0.889. The van der Waals surface area contributed by atoms with Crippen LogP contribution >= 0.6 is 0 Å². The number of rotatable bonds is 9. The zero-order chi connectivity index (χ0) is 13.1. The van der Waals surface area contributed by atoms with Crippen LogP contribution in [0.4, 0.5) is 0 Å². The van der Waals surface area contributed by atoms with Crippen molar-refractivity contribution in [2.45, 2.75) is 32.1 Å². The standard InChI is InChI=1S/C9H22N4O3S/c1-17(14,15)16-13-9(11)12-8-6-4-2-3-5-7-10/h2-8,10H2,1H3,(H3,11,12,13). The Morgan fingerprint density at radius 1 is 1.24 bits per heavy atom. The van der Waals surface area contributed by atoms with Crippen molar-refractivity contribution in [3.05, 3.63) is 0 Å². The van der Waals surface area contributed by atoms with Crippen molar-refractivity contribution in [3.63, 3.8) is 0 Å². The molecule has 0 aliphatic carbocycles. The van der Waals surface area contributed by atoms with Crippen LogP contribution in [0, 0.1) is 0 Å². The van der Waals surface area contributed by atoms with E-state index in [1.165, 1.54) is 0 Å². The Bertz CT molecular complexity index is 316. The number of nitrogens with zero attached hydrogens (tertiary/aromatic N) is 1. The number of hydrogen-bond donors (Lipinski definition) is 3. The summed E-state index contributed by atoms with van der Waals surface area (Å²) in [5.74, 6) is -0.0302. The molecule has 0 aliphatic rings. The van der Waals surface area contributed by atoms with E-state index >= 15 is 0 Å². The highest BCUT2D eigenvalue weighted by molar-refractivity contribution is 7.85. The van der Waals surface area contributed by atoms with Crippen LogP contribution < -0.4 is 16.9 Å². The average Bonchev–Trinajstić information content (AvgIpc) is 2.24. The highest BCUT2D eigenvalue weighted by Crippen LogP contribution is 2.01. The summed E-state index contributed by atoms with van der Waals surface area (Å²) in [5, 5.41) is 0. The Balaban J connectivity index is 3.50. The lowest BCUT2D eigenvalue weighted by molar-refractivity contribution is 0.269. The van der Waals surface area contributed by atoms with E-state index < -0.39 is 10.1 Å². The van der Waals surface area contributed by atoms with E-state index in [0.29, 0.717) is 6.54 Å². The predicted octanol–water partition coefficient (Wildman–Crippen LogP) is -0.309. The first kappa shape index (κ1) is 16.1. The van der Waals surface area contributed by atoms with E-state index in [0.717, 1.165) is 44.9 Å². The normalized spacial score (nSPS) is 12.7. The third-order valence-electron chi connectivity index (χ3n) is 1.94. The maximum absolute atomic E-state index is 10.6. The third kappa shape index (κ3) is 13.1. The van der Waals surface area contributed by atoms with Crippen molar-refractivity contribution in [3.8, 4) is 0 Å². The van der Waals surface area contributed by atoms with E-state index in [-0.39, 0.29) is 5.96 Å². The molecule has 0 aromatic rings. The van der Waals surface area contributed by atoms with Crippen LogP contribution in [-0.4, -0.2) is 33.7 Å². The Hall–Kier alpha value is -0.860. The topological polar surface area (TPSA) is 120 Å². The highest BCUT2D eigenvalue weighted by Gasteiger charge is 2.01. The maximum atomic E-state index is 10.6. The lowest BCUT2D eigenvalue weighted by Crippen LogP contribution is -2.33. The highest BCUT2D eigenvalue weighted by atomic mass is 32.2. The van der Waals surface area contributed by atoms with Gasteiger partial charge in [0.05, 0.1) is 6.26 Å². The van der Waals surface area contributed by atoms with Gasteiger partial charge in [-0.15, -0.1) is 4.28 Å². The first-order valence-corrected chi connectivity index (χ1v) is 7.42. The van der Waals surface area contributed by atoms with Gasteiger partial charge in [0.2, 0.25) is 5.96 Å². The molecule has 0 unspecified atom stereocenters. The minimum atomic E-state index is -3.55. The van der Waals surface area contributed by atoms with Gasteiger partial charge in [-0.25, -0.2) is 5.48 Å². The molecule has 0 saturated carbocycles. The van der Waals surface area contributed by atoms with Crippen molar-refractivity contribution < 1.29 is 12.7 Å². The van der Waals surface area contributed by atoms with Crippen molar-refractivity contribution in [1.29, 1.82) is 0 Å². The fourth-order valence-electron chi connectivity index (χ4n) is 1.14. The smallest absolute Gasteiger partial charge is 0.285 e. The average molecular weight is 266 g/mol. The van der Waals surface area contributed by atoms with Crippen molar-refractivity contribution in [2.24, 2.45) is 16.5 Å². The van der Waals surface area contributed by atoms with E-state index in [4.69, 9.17) is 11.5 Å². The van der Waals surface area contributed by atoms with Gasteiger partial charge in [-0.3, -0.25) is 4.99 Å². The first-order valence-electron chi connectivity index (χ1n) is 5.60. The van der Waals surface area contributed by atoms with Gasteiger partial charge in [0.1, 0.15) is 0 Å². The molecule has 0 heterocycles. The first-order chi connectivity index (χ1) is 7.95. The molecule has 0 aromatic carbocycles. The minimum absolute atomic E-state index is 0.0302. The molecule has 0 atom stereocenters. The fourth-order valence-corrected chi connectivity index (χ4v) is 1.37. The summed E-state index contributed by atoms with van der Waals surface area (Å²) in [7, 11) is -3.55. The number of aliphatic imine (C=N–C) groups is 1. The lowest BCUT2D eigenvalue weighted by Gasteiger charge is -2.03. The monoisotopic (exact) mass is 266 g/mol. The molecule has 0 saturated heterocycles. The molecule has 102 valence electrons. The molecule has 0 radical (unpaired) electrons. The second kappa shape index (κ2) is 9.20. The quantitative estimate of drug-likeness (QED) is 0.228. The molecular formula is C9H22N4O3S. The van der Waals surface area contributed by atoms with Gasteiger partial charge < -0.3 is 11.5 Å². The van der Waals surface area contributed by atoms with Crippen LogP contribution in [0.2, 0.25) is 0 Å². The van der Waals surface area contributed by atoms with Crippen LogP contribution in [0.25, 0.3) is 0 Å². The van der Waals surface area contributed by atoms with Gasteiger partial charge >= 0.3 is 0 Å². The van der Waals surface area contributed by atoms with Crippen LogP contribution in [0.5, 0.6) is 0 Å². The third-order valence-corrected chi connectivity index (χ3v) is 2.33. The van der Waals surface area contributed by atoms with Gasteiger partial charge in [0.15, 0.2) is 0 Å². The van der Waals surface area contributed by atoms with Gasteiger partial charge in [0, 0.05) is 6.54 Å². The summed E-state index contributed by atoms with van der Waals surface area (Å²) >= 11 is 0. The van der Waals surface area contributed by atoms with Gasteiger partial charge in [0.25, 0.3) is 10.1 Å². The molecule has 7 nitrogen and oxygen atoms in total. The number of guanidine groups is 1. The van der Waals surface area contributed by atoms with Crippen LogP contribution in [0.15, 0.2) is 4.99 Å². The molecule has 0 fully saturated rings. The SMILES string of the molecule is CS(=O)(=O)ONC(N)=NCCCCCCCN. The molecule has 8 heteroatoms. The largest absolute Gasteiger partial charge is 0.368 e. The summed E-state index contributed by atoms with van der Waals surface area (Å²) in [6.45, 7) is 1.28. The number of hydrogen-bond acceptors (Lipinski definition) is 5. The van der Waals surface area contributed by atoms with E-state index in [1.807, 2.05) is 0 Å². The molecule has 0 bridgehead atoms. The Labute approximate surface area is 103 Å². The number of nitrogens with two attached hydrogens (primary N) is 2. The predicted molar refractivity (Wildman–Crippen MR) is 67.7 cm³/mol. The molecule has 17 heavy (non-hydrogen) atoms. The molecular weight excluding hydrogens is 244 g/mol. The number of unbranched alkanes of at least 4 members (excludes halogenated alkanes) is 4. The summed E-state index contributed by atoms with van der Waals surface area (Å²) in [6, 6.07) is 0. The van der Waals surface area contributed by atoms with E-state index in [2.05, 4.69) is 14.8 Å². The molecule has 0 spiro atoms. The maximum Gasteiger partial charge on any atom is 0.285 e. The summed E-state index contributed by atoms with van der Waals surface area (Å²) in [4.78, 5) is 3.91. The minimum Gasteiger partial charge on any atom is -0.368 e. The summed E-state index contributed by atoms with van der Waals surface area (Å²) < 4.78 is 25.5. The van der Waals surface area contributed by atoms with Gasteiger partial charge in [-0.05, 0) is 19.4 Å². The van der Waals surface area contributed by atoms with Crippen molar-refractivity contribution in [2.75, 3.05) is 19.3 Å². The van der Waals surface area contributed by atoms with Crippen LogP contribution in [-0.2, 0) is 14.4 Å². The second-order valence-corrected chi connectivity index (χ2v) is 5.29.